The molecule has 82 heavy (non-hydrogen) atoms. The largest absolute Gasteiger partial charge is 0.493 e. The lowest BCUT2D eigenvalue weighted by atomic mass is 9.77. The summed E-state index contributed by atoms with van der Waals surface area (Å²) < 4.78 is 6.94. The zero-order chi connectivity index (χ0) is 55.8. The maximum atomic E-state index is 15.3. The lowest BCUT2D eigenvalue weighted by molar-refractivity contribution is 0.410. The van der Waals surface area contributed by atoms with Gasteiger partial charge in [-0.05, 0) is 79.1 Å². The smallest absolute Gasteiger partial charge is 0.264 e. The van der Waals surface area contributed by atoms with E-state index in [-0.39, 0.29) is 23.5 Å². The first-order chi connectivity index (χ1) is 40.3. The van der Waals surface area contributed by atoms with E-state index in [9.17, 15) is 9.90 Å². The molecule has 9 aromatic carbocycles. The number of unbranched alkanes of at least 4 members (excludes halogenated alkanes) is 1. The Balaban J connectivity index is 0.911. The third kappa shape index (κ3) is 8.37. The third-order valence-electron chi connectivity index (χ3n) is 16.1. The molecule has 0 fully saturated rings. The van der Waals surface area contributed by atoms with Gasteiger partial charge in [0.05, 0.1) is 28.7 Å². The zero-order valence-corrected chi connectivity index (χ0v) is 45.3. The minimum Gasteiger partial charge on any atom is -0.493 e. The highest BCUT2D eigenvalue weighted by Gasteiger charge is 2.45. The van der Waals surface area contributed by atoms with Gasteiger partial charge in [-0.25, -0.2) is 9.67 Å². The normalized spacial score (nSPS) is 11.9. The van der Waals surface area contributed by atoms with E-state index in [1.807, 2.05) is 149 Å². The van der Waals surface area contributed by atoms with E-state index in [1.54, 1.807) is 11.6 Å². The number of fused-ring (bicyclic) bond motifs is 2. The summed E-state index contributed by atoms with van der Waals surface area (Å²) in [5, 5.41) is 30.1. The van der Waals surface area contributed by atoms with Gasteiger partial charge in [-0.1, -0.05) is 250 Å². The van der Waals surface area contributed by atoms with Crippen LogP contribution in [0.15, 0.2) is 258 Å². The molecular weight excluding hydrogens is 1010 g/mol. The van der Waals surface area contributed by atoms with Gasteiger partial charge in [-0.2, -0.15) is 0 Å². The molecule has 2 N–H and O–H groups in total. The Hall–Kier alpha value is -10.5. The summed E-state index contributed by atoms with van der Waals surface area (Å²) in [6.45, 7) is 2.41. The van der Waals surface area contributed by atoms with Gasteiger partial charge in [-0.3, -0.25) is 28.5 Å². The van der Waals surface area contributed by atoms with E-state index in [0.717, 1.165) is 68.5 Å². The van der Waals surface area contributed by atoms with Crippen LogP contribution >= 0.6 is 0 Å². The number of aryl methyl sites for hydroxylation is 1. The maximum Gasteiger partial charge on any atom is 0.264 e. The fourth-order valence-electron chi connectivity index (χ4n) is 12.2. The van der Waals surface area contributed by atoms with Crippen molar-refractivity contribution < 1.29 is 5.11 Å². The Morgan fingerprint density at radius 2 is 1.01 bits per heavy atom. The third-order valence-corrected chi connectivity index (χ3v) is 16.1. The van der Waals surface area contributed by atoms with E-state index in [4.69, 9.17) is 15.3 Å². The molecule has 0 aliphatic carbocycles. The lowest BCUT2D eigenvalue weighted by Crippen LogP contribution is -2.39. The highest BCUT2D eigenvalue weighted by atomic mass is 16.3. The first-order valence-electron chi connectivity index (χ1n) is 27.7. The second kappa shape index (κ2) is 21.3. The minimum absolute atomic E-state index is 0.189. The molecular formula is C70H57N9O3. The Kier molecular flexibility index (Phi) is 13.3. The van der Waals surface area contributed by atoms with Gasteiger partial charge >= 0.3 is 0 Å². The van der Waals surface area contributed by atoms with Crippen LogP contribution in [-0.2, 0) is 31.1 Å². The number of hydrogen-bond acceptors (Lipinski definition) is 7. The molecule has 2 aromatic heterocycles. The van der Waals surface area contributed by atoms with Gasteiger partial charge in [-0.15, -0.1) is 5.10 Å². The molecule has 2 aliphatic rings. The van der Waals surface area contributed by atoms with Crippen molar-refractivity contribution in [3.63, 3.8) is 0 Å². The molecule has 0 unspecified atom stereocenters. The Labute approximate surface area is 473 Å². The van der Waals surface area contributed by atoms with Crippen LogP contribution in [0, 0.1) is 0 Å². The summed E-state index contributed by atoms with van der Waals surface area (Å²) in [5.41, 5.74) is 9.01. The molecule has 0 saturated carbocycles. The predicted octanol–water partition coefficient (Wildman–Crippen LogP) is 13.1. The quantitative estimate of drug-likeness (QED) is 0.0918. The highest BCUT2D eigenvalue weighted by Crippen LogP contribution is 2.48. The van der Waals surface area contributed by atoms with E-state index < -0.39 is 11.1 Å². The molecule has 0 amide bonds. The molecule has 0 radical (unpaired) electrons. The fourth-order valence-corrected chi connectivity index (χ4v) is 12.2. The van der Waals surface area contributed by atoms with Crippen LogP contribution in [0.5, 0.6) is 5.88 Å². The number of tetrazole rings is 1. The van der Waals surface area contributed by atoms with Crippen LogP contribution < -0.4 is 11.1 Å². The number of aromatic amines is 1. The molecule has 12 heteroatoms. The van der Waals surface area contributed by atoms with Crippen molar-refractivity contribution >= 4 is 10.9 Å². The Morgan fingerprint density at radius 3 is 1.52 bits per heavy atom. The zero-order valence-electron chi connectivity index (χ0n) is 45.3. The van der Waals surface area contributed by atoms with E-state index in [2.05, 4.69) is 126 Å². The SMILES string of the molecule is CCCCc1nc2ccc(-c3[nH]n(C(c4ccccc4)(c4ccccc4)c4ccccc4)c4c(O)n(C)c(=O)c3-4)cc2c(=O)n1Cc1ccc(-c2ccccc2-c2nnnn2C(c2ccccc2)(c2ccccc2)c2ccccc2)cc1. The minimum atomic E-state index is -1.10. The number of aromatic nitrogens is 9. The van der Waals surface area contributed by atoms with Crippen molar-refractivity contribution in [3.8, 4) is 50.9 Å². The molecule has 0 atom stereocenters. The molecule has 4 heterocycles. The van der Waals surface area contributed by atoms with Crippen molar-refractivity contribution in [3.05, 3.63) is 314 Å². The van der Waals surface area contributed by atoms with E-state index in [1.165, 1.54) is 4.57 Å². The second-order valence-corrected chi connectivity index (χ2v) is 20.8. The molecule has 13 rings (SSSR count). The Morgan fingerprint density at radius 1 is 0.537 bits per heavy atom. The molecule has 2 aliphatic heterocycles. The van der Waals surface area contributed by atoms with Gasteiger partial charge < -0.3 is 5.11 Å². The number of hydrogen-bond donors (Lipinski definition) is 2. The predicted molar refractivity (Wildman–Crippen MR) is 323 cm³/mol. The van der Waals surface area contributed by atoms with Crippen LogP contribution in [-0.4, -0.2) is 49.2 Å². The standard InChI is InChI=1S/C70H57N9O3/c1-3-4-39-61-71-60-45-44-50(63-62-64(68(82)76(2)67(62)81)78(73-63)69(51-25-11-5-12-26-51,52-27-13-6-14-28-52)53-29-15-7-16-30-53)46-59(60)66(80)77(61)47-48-40-42-49(43-41-48)57-37-23-24-38-58(57)65-72-74-75-79(65)70(54-31-17-8-18-32-54,55-33-19-9-20-34-55)56-35-21-10-22-36-56/h5-38,40-46,73,82H,3-4,39,47H2,1-2H3. The summed E-state index contributed by atoms with van der Waals surface area (Å²) in [7, 11) is 1.58. The average Bonchev–Trinajstić information content (AvgIpc) is 2.98. The molecule has 0 saturated heterocycles. The van der Waals surface area contributed by atoms with Gasteiger partial charge in [0.1, 0.15) is 22.6 Å². The molecule has 11 aromatic rings. The van der Waals surface area contributed by atoms with Crippen molar-refractivity contribution in [2.75, 3.05) is 0 Å². The van der Waals surface area contributed by atoms with E-state index >= 15 is 4.79 Å². The van der Waals surface area contributed by atoms with Gasteiger partial charge in [0.25, 0.3) is 11.1 Å². The van der Waals surface area contributed by atoms with Gasteiger partial charge in [0.15, 0.2) is 5.82 Å². The lowest BCUT2D eigenvalue weighted by Gasteiger charge is -2.38. The van der Waals surface area contributed by atoms with Crippen LogP contribution in [0.4, 0.5) is 0 Å². The maximum absolute atomic E-state index is 15.3. The van der Waals surface area contributed by atoms with Crippen molar-refractivity contribution in [1.29, 1.82) is 0 Å². The van der Waals surface area contributed by atoms with E-state index in [0.29, 0.717) is 51.5 Å². The van der Waals surface area contributed by atoms with Crippen LogP contribution in [0.1, 0.15) is 64.5 Å². The number of H-pyrrole nitrogens is 1. The number of rotatable bonds is 16. The monoisotopic (exact) mass is 1070 g/mol. The summed E-state index contributed by atoms with van der Waals surface area (Å²) in [6, 6.07) is 83.5. The second-order valence-electron chi connectivity index (χ2n) is 20.8. The molecule has 400 valence electrons. The fraction of sp³-hybridized carbons (Fsp3) is 0.114. The van der Waals surface area contributed by atoms with Gasteiger partial charge in [0.2, 0.25) is 5.88 Å². The molecule has 12 nitrogen and oxygen atoms in total. The first kappa shape index (κ1) is 51.0. The topological polar surface area (TPSA) is 141 Å². The van der Waals surface area contributed by atoms with Crippen molar-refractivity contribution in [2.45, 2.75) is 43.8 Å². The van der Waals surface area contributed by atoms with Gasteiger partial charge in [0, 0.05) is 24.6 Å². The summed E-state index contributed by atoms with van der Waals surface area (Å²) in [5.74, 6) is 1.10. The average molecular weight is 1070 g/mol. The van der Waals surface area contributed by atoms with Crippen LogP contribution in [0.25, 0.3) is 55.9 Å². The molecule has 0 spiro atoms. The Bertz CT molecular complexity index is 4260. The first-order valence-corrected chi connectivity index (χ1v) is 27.7. The van der Waals surface area contributed by atoms with Crippen molar-refractivity contribution in [1.82, 2.24) is 44.1 Å². The highest BCUT2D eigenvalue weighted by molar-refractivity contribution is 5.90. The summed E-state index contributed by atoms with van der Waals surface area (Å²) in [6.07, 6.45) is 2.39. The molecule has 0 bridgehead atoms. The van der Waals surface area contributed by atoms with Crippen LogP contribution in [0.3, 0.4) is 0 Å². The summed E-state index contributed by atoms with van der Waals surface area (Å²) in [4.78, 5) is 35.0. The summed E-state index contributed by atoms with van der Waals surface area (Å²) >= 11 is 0. The number of nitrogens with one attached hydrogen (secondary N) is 1. The van der Waals surface area contributed by atoms with Crippen LogP contribution in [0.2, 0.25) is 0 Å². The van der Waals surface area contributed by atoms with Crippen molar-refractivity contribution in [2.24, 2.45) is 7.05 Å². The number of aromatic hydroxyl groups is 1. The number of benzene rings is 9. The number of nitrogens with zero attached hydrogens (tertiary/aromatic N) is 8.